The highest BCUT2D eigenvalue weighted by molar-refractivity contribution is 5.69. The van der Waals surface area contributed by atoms with Gasteiger partial charge in [-0.05, 0) is 49.4 Å². The van der Waals surface area contributed by atoms with Crippen LogP contribution in [0.15, 0.2) is 66.9 Å². The summed E-state index contributed by atoms with van der Waals surface area (Å²) in [4.78, 5) is 11.5. The summed E-state index contributed by atoms with van der Waals surface area (Å²) in [5.41, 5.74) is 4.01. The fourth-order valence-corrected chi connectivity index (χ4v) is 3.62. The number of hydrogen-bond acceptors (Lipinski definition) is 4. The number of aromatic nitrogens is 2. The van der Waals surface area contributed by atoms with Crippen molar-refractivity contribution in [1.29, 1.82) is 0 Å². The molecule has 3 aromatic rings. The summed E-state index contributed by atoms with van der Waals surface area (Å²) >= 11 is 0. The number of hydrogen-bond donors (Lipinski definition) is 1. The van der Waals surface area contributed by atoms with Gasteiger partial charge in [0.25, 0.3) is 0 Å². The van der Waals surface area contributed by atoms with Gasteiger partial charge in [-0.1, -0.05) is 48.5 Å². The van der Waals surface area contributed by atoms with Crippen molar-refractivity contribution in [2.75, 3.05) is 16.8 Å². The Kier molecular flexibility index (Phi) is 4.82. The highest BCUT2D eigenvalue weighted by atomic mass is 15.3. The molecule has 0 spiro atoms. The van der Waals surface area contributed by atoms with Crippen LogP contribution in [0.5, 0.6) is 0 Å². The molecule has 1 aliphatic rings. The second-order valence-electron chi connectivity index (χ2n) is 6.81. The summed E-state index contributed by atoms with van der Waals surface area (Å²) in [5, 5.41) is 3.37. The summed E-state index contributed by atoms with van der Waals surface area (Å²) in [6, 6.07) is 21.5. The van der Waals surface area contributed by atoms with Crippen molar-refractivity contribution < 1.29 is 0 Å². The fraction of sp³-hybridized carbons (Fsp3) is 0.273. The van der Waals surface area contributed by atoms with E-state index in [1.807, 2.05) is 12.3 Å². The Morgan fingerprint density at radius 3 is 2.73 bits per heavy atom. The number of nitrogens with zero attached hydrogens (tertiary/aromatic N) is 3. The Hall–Kier alpha value is -2.88. The van der Waals surface area contributed by atoms with Gasteiger partial charge in [0.05, 0.1) is 0 Å². The monoisotopic (exact) mass is 344 g/mol. The SMILES string of the molecule is CC1Cc2ccccc2N1c1ccnc(NCCCc2ccccc2)n1. The Balaban J connectivity index is 1.41. The molecule has 0 saturated carbocycles. The zero-order valence-corrected chi connectivity index (χ0v) is 15.1. The van der Waals surface area contributed by atoms with Crippen LogP contribution in [0.3, 0.4) is 0 Å². The lowest BCUT2D eigenvalue weighted by Gasteiger charge is -2.24. The minimum atomic E-state index is 0.410. The fourth-order valence-electron chi connectivity index (χ4n) is 3.62. The molecular formula is C22H24N4. The number of rotatable bonds is 6. The third-order valence-corrected chi connectivity index (χ3v) is 4.86. The van der Waals surface area contributed by atoms with Crippen LogP contribution in [0.25, 0.3) is 0 Å². The van der Waals surface area contributed by atoms with E-state index in [1.54, 1.807) is 0 Å². The lowest BCUT2D eigenvalue weighted by atomic mass is 10.1. The van der Waals surface area contributed by atoms with Crippen LogP contribution in [0.1, 0.15) is 24.5 Å². The zero-order valence-electron chi connectivity index (χ0n) is 15.1. The number of benzene rings is 2. The molecule has 26 heavy (non-hydrogen) atoms. The third kappa shape index (κ3) is 3.54. The molecule has 0 radical (unpaired) electrons. The molecule has 0 saturated heterocycles. The highest BCUT2D eigenvalue weighted by Crippen LogP contribution is 2.37. The van der Waals surface area contributed by atoms with E-state index < -0.39 is 0 Å². The standard InChI is InChI=1S/C22H24N4/c1-17-16-19-11-5-6-12-20(19)26(17)21-13-15-24-22(25-21)23-14-7-10-18-8-3-2-4-9-18/h2-6,8-9,11-13,15,17H,7,10,14,16H2,1H3,(H,23,24,25). The first-order chi connectivity index (χ1) is 12.8. The largest absolute Gasteiger partial charge is 0.354 e. The first kappa shape index (κ1) is 16.6. The van der Waals surface area contributed by atoms with E-state index in [0.29, 0.717) is 12.0 Å². The first-order valence-corrected chi connectivity index (χ1v) is 9.29. The summed E-state index contributed by atoms with van der Waals surface area (Å²) < 4.78 is 0. The van der Waals surface area contributed by atoms with E-state index in [-0.39, 0.29) is 0 Å². The molecule has 4 nitrogen and oxygen atoms in total. The van der Waals surface area contributed by atoms with E-state index in [0.717, 1.165) is 31.6 Å². The van der Waals surface area contributed by atoms with Gasteiger partial charge in [-0.3, -0.25) is 0 Å². The van der Waals surface area contributed by atoms with Crippen LogP contribution in [0, 0.1) is 0 Å². The maximum Gasteiger partial charge on any atom is 0.224 e. The molecule has 4 rings (SSSR count). The van der Waals surface area contributed by atoms with Crippen molar-refractivity contribution in [3.8, 4) is 0 Å². The van der Waals surface area contributed by atoms with Gasteiger partial charge in [-0.15, -0.1) is 0 Å². The second-order valence-corrected chi connectivity index (χ2v) is 6.81. The van der Waals surface area contributed by atoms with Gasteiger partial charge < -0.3 is 10.2 Å². The van der Waals surface area contributed by atoms with Gasteiger partial charge in [-0.2, -0.15) is 4.98 Å². The van der Waals surface area contributed by atoms with Gasteiger partial charge in [0.1, 0.15) is 5.82 Å². The quantitative estimate of drug-likeness (QED) is 0.663. The number of aryl methyl sites for hydroxylation is 1. The smallest absolute Gasteiger partial charge is 0.224 e. The third-order valence-electron chi connectivity index (χ3n) is 4.86. The van der Waals surface area contributed by atoms with Crippen molar-refractivity contribution in [3.63, 3.8) is 0 Å². The van der Waals surface area contributed by atoms with Crippen LogP contribution in [0.2, 0.25) is 0 Å². The lowest BCUT2D eigenvalue weighted by molar-refractivity contribution is 0.748. The summed E-state index contributed by atoms with van der Waals surface area (Å²) in [7, 11) is 0. The molecular weight excluding hydrogens is 320 g/mol. The summed E-state index contributed by atoms with van der Waals surface area (Å²) in [6.45, 7) is 3.11. The Bertz CT molecular complexity index is 863. The van der Waals surface area contributed by atoms with E-state index in [4.69, 9.17) is 4.98 Å². The maximum atomic E-state index is 4.75. The highest BCUT2D eigenvalue weighted by Gasteiger charge is 2.27. The van der Waals surface area contributed by atoms with Gasteiger partial charge in [0.2, 0.25) is 5.95 Å². The van der Waals surface area contributed by atoms with E-state index in [9.17, 15) is 0 Å². The average Bonchev–Trinajstić information content (AvgIpc) is 3.02. The number of nitrogens with one attached hydrogen (secondary N) is 1. The molecule has 132 valence electrons. The zero-order chi connectivity index (χ0) is 17.8. The Morgan fingerprint density at radius 2 is 1.85 bits per heavy atom. The minimum Gasteiger partial charge on any atom is -0.354 e. The number of para-hydroxylation sites is 1. The molecule has 0 fully saturated rings. The molecule has 1 atom stereocenters. The lowest BCUT2D eigenvalue weighted by Crippen LogP contribution is -2.25. The maximum absolute atomic E-state index is 4.75. The van der Waals surface area contributed by atoms with E-state index in [1.165, 1.54) is 16.8 Å². The van der Waals surface area contributed by atoms with Crippen molar-refractivity contribution in [2.24, 2.45) is 0 Å². The van der Waals surface area contributed by atoms with Crippen LogP contribution < -0.4 is 10.2 Å². The van der Waals surface area contributed by atoms with Crippen LogP contribution in [-0.4, -0.2) is 22.6 Å². The molecule has 4 heteroatoms. The number of anilines is 3. The van der Waals surface area contributed by atoms with E-state index in [2.05, 4.69) is 76.7 Å². The van der Waals surface area contributed by atoms with Crippen LogP contribution >= 0.6 is 0 Å². The molecule has 0 bridgehead atoms. The topological polar surface area (TPSA) is 41.1 Å². The molecule has 1 aromatic heterocycles. The average molecular weight is 344 g/mol. The molecule has 1 aliphatic heterocycles. The number of fused-ring (bicyclic) bond motifs is 1. The normalized spacial score (nSPS) is 15.7. The van der Waals surface area contributed by atoms with E-state index >= 15 is 0 Å². The Morgan fingerprint density at radius 1 is 1.04 bits per heavy atom. The van der Waals surface area contributed by atoms with Gasteiger partial charge in [0.15, 0.2) is 0 Å². The van der Waals surface area contributed by atoms with Crippen molar-refractivity contribution in [3.05, 3.63) is 78.0 Å². The molecule has 2 aromatic carbocycles. The molecule has 0 aliphatic carbocycles. The van der Waals surface area contributed by atoms with Crippen LogP contribution in [-0.2, 0) is 12.8 Å². The molecule has 1 unspecified atom stereocenters. The van der Waals surface area contributed by atoms with Crippen LogP contribution in [0.4, 0.5) is 17.5 Å². The predicted octanol–water partition coefficient (Wildman–Crippen LogP) is 4.60. The molecule has 0 amide bonds. The van der Waals surface area contributed by atoms with Gasteiger partial charge in [-0.25, -0.2) is 4.98 Å². The minimum absolute atomic E-state index is 0.410. The van der Waals surface area contributed by atoms with Gasteiger partial charge >= 0.3 is 0 Å². The molecule has 1 N–H and O–H groups in total. The predicted molar refractivity (Wildman–Crippen MR) is 107 cm³/mol. The van der Waals surface area contributed by atoms with Crippen molar-refractivity contribution in [1.82, 2.24) is 9.97 Å². The first-order valence-electron chi connectivity index (χ1n) is 9.29. The van der Waals surface area contributed by atoms with Crippen molar-refractivity contribution in [2.45, 2.75) is 32.2 Å². The Labute approximate surface area is 154 Å². The molecule has 2 heterocycles. The summed E-state index contributed by atoms with van der Waals surface area (Å²) in [6.07, 6.45) is 5.01. The van der Waals surface area contributed by atoms with Gasteiger partial charge in [0, 0.05) is 24.5 Å². The van der Waals surface area contributed by atoms with Crippen molar-refractivity contribution >= 4 is 17.5 Å². The summed E-state index contributed by atoms with van der Waals surface area (Å²) in [5.74, 6) is 1.66. The second kappa shape index (κ2) is 7.56.